The first-order chi connectivity index (χ1) is 13.5. The molecule has 1 heterocycles. The molecule has 1 aliphatic heterocycles. The third kappa shape index (κ3) is 5.77. The lowest BCUT2D eigenvalue weighted by molar-refractivity contribution is -0.130. The Kier molecular flexibility index (Phi) is 7.37. The van der Waals surface area contributed by atoms with Crippen molar-refractivity contribution in [3.8, 4) is 0 Å². The molecule has 0 radical (unpaired) electrons. The van der Waals surface area contributed by atoms with Gasteiger partial charge in [0.05, 0.1) is 10.5 Å². The number of rotatable bonds is 6. The number of piperazine rings is 1. The van der Waals surface area contributed by atoms with Gasteiger partial charge >= 0.3 is 5.97 Å². The van der Waals surface area contributed by atoms with Crippen molar-refractivity contribution in [1.29, 1.82) is 0 Å². The molecule has 29 heavy (non-hydrogen) atoms. The molecule has 1 N–H and O–H groups in total. The Morgan fingerprint density at radius 3 is 2.24 bits per heavy atom. The van der Waals surface area contributed by atoms with Crippen LogP contribution in [0.3, 0.4) is 0 Å². The van der Waals surface area contributed by atoms with Gasteiger partial charge in [0.2, 0.25) is 15.9 Å². The summed E-state index contributed by atoms with van der Waals surface area (Å²) in [5.41, 5.74) is 0.0395. The monoisotopic (exact) mass is 425 g/mol. The lowest BCUT2D eigenvalue weighted by atomic mass is 10.2. The summed E-state index contributed by atoms with van der Waals surface area (Å²) in [7, 11) is -3.82. The molecule has 1 aromatic rings. The lowest BCUT2D eigenvalue weighted by Crippen LogP contribution is -2.49. The van der Waals surface area contributed by atoms with Gasteiger partial charge in [0, 0.05) is 39.1 Å². The predicted molar refractivity (Wildman–Crippen MR) is 106 cm³/mol. The Morgan fingerprint density at radius 1 is 1.07 bits per heavy atom. The highest BCUT2D eigenvalue weighted by atomic mass is 32.2. The van der Waals surface area contributed by atoms with E-state index in [2.05, 4.69) is 5.32 Å². The van der Waals surface area contributed by atoms with Gasteiger partial charge in [0.1, 0.15) is 0 Å². The lowest BCUT2D eigenvalue weighted by Gasteiger charge is -2.33. The second kappa shape index (κ2) is 9.36. The summed E-state index contributed by atoms with van der Waals surface area (Å²) in [6.07, 6.45) is -1.01. The van der Waals surface area contributed by atoms with Crippen LogP contribution in [0.25, 0.3) is 0 Å². The summed E-state index contributed by atoms with van der Waals surface area (Å²) in [6.45, 7) is 7.48. The zero-order valence-electron chi connectivity index (χ0n) is 17.0. The summed E-state index contributed by atoms with van der Waals surface area (Å²) >= 11 is 0. The maximum absolute atomic E-state index is 12.9. The quantitative estimate of drug-likeness (QED) is 0.668. The number of hydrogen-bond acceptors (Lipinski definition) is 6. The third-order valence-electron chi connectivity index (χ3n) is 4.48. The van der Waals surface area contributed by atoms with Crippen molar-refractivity contribution in [1.82, 2.24) is 14.5 Å². The molecule has 0 spiro atoms. The van der Waals surface area contributed by atoms with E-state index in [1.54, 1.807) is 18.7 Å². The van der Waals surface area contributed by atoms with Gasteiger partial charge in [-0.2, -0.15) is 4.31 Å². The maximum atomic E-state index is 12.9. The van der Waals surface area contributed by atoms with E-state index in [0.29, 0.717) is 13.1 Å². The fraction of sp³-hybridized carbons (Fsp3) is 0.526. The molecule has 1 saturated heterocycles. The number of sulfonamides is 1. The van der Waals surface area contributed by atoms with E-state index >= 15 is 0 Å². The predicted octanol–water partition coefficient (Wildman–Crippen LogP) is 0.609. The van der Waals surface area contributed by atoms with Crippen LogP contribution in [-0.4, -0.2) is 73.7 Å². The van der Waals surface area contributed by atoms with Crippen molar-refractivity contribution < 1.29 is 27.5 Å². The van der Waals surface area contributed by atoms with E-state index in [0.717, 1.165) is 0 Å². The first kappa shape index (κ1) is 22.8. The molecule has 0 unspecified atom stereocenters. The molecule has 2 amide bonds. The highest BCUT2D eigenvalue weighted by Crippen LogP contribution is 2.19. The summed E-state index contributed by atoms with van der Waals surface area (Å²) in [6, 6.07) is 5.43. The van der Waals surface area contributed by atoms with Gasteiger partial charge in [-0.25, -0.2) is 13.2 Å². The van der Waals surface area contributed by atoms with E-state index in [1.165, 1.54) is 42.4 Å². The van der Waals surface area contributed by atoms with E-state index in [9.17, 15) is 22.8 Å². The van der Waals surface area contributed by atoms with Crippen molar-refractivity contribution in [2.45, 2.75) is 44.7 Å². The maximum Gasteiger partial charge on any atom is 0.338 e. The summed E-state index contributed by atoms with van der Waals surface area (Å²) in [5, 5.41) is 2.64. The number of nitrogens with zero attached hydrogens (tertiary/aromatic N) is 2. The largest absolute Gasteiger partial charge is 0.449 e. The minimum Gasteiger partial charge on any atom is -0.449 e. The number of carbonyl (C=O) groups is 3. The van der Waals surface area contributed by atoms with Crippen LogP contribution in [0, 0.1) is 0 Å². The minimum absolute atomic E-state index is 0.0393. The third-order valence-corrected chi connectivity index (χ3v) is 6.37. The number of benzene rings is 1. The van der Waals surface area contributed by atoms with Crippen LogP contribution in [0.4, 0.5) is 0 Å². The van der Waals surface area contributed by atoms with Crippen LogP contribution in [-0.2, 0) is 24.3 Å². The van der Waals surface area contributed by atoms with Crippen LogP contribution < -0.4 is 5.32 Å². The number of esters is 1. The van der Waals surface area contributed by atoms with Gasteiger partial charge in [-0.15, -0.1) is 0 Å². The number of hydrogen-bond donors (Lipinski definition) is 1. The Bertz CT molecular complexity index is 876. The van der Waals surface area contributed by atoms with E-state index in [4.69, 9.17) is 4.74 Å². The van der Waals surface area contributed by atoms with Crippen molar-refractivity contribution in [2.75, 3.05) is 26.2 Å². The number of amides is 2. The van der Waals surface area contributed by atoms with Gasteiger partial charge in [-0.1, -0.05) is 6.07 Å². The van der Waals surface area contributed by atoms with Crippen LogP contribution in [0.5, 0.6) is 0 Å². The molecule has 1 fully saturated rings. The second-order valence-electron chi connectivity index (χ2n) is 7.15. The highest BCUT2D eigenvalue weighted by molar-refractivity contribution is 7.89. The molecule has 0 aliphatic carbocycles. The van der Waals surface area contributed by atoms with Crippen LogP contribution in [0.1, 0.15) is 38.1 Å². The molecule has 1 aliphatic rings. The zero-order valence-corrected chi connectivity index (χ0v) is 17.9. The normalized spacial score (nSPS) is 16.4. The molecule has 0 saturated carbocycles. The highest BCUT2D eigenvalue weighted by Gasteiger charge is 2.30. The zero-order chi connectivity index (χ0) is 21.8. The average Bonchev–Trinajstić information content (AvgIpc) is 2.67. The van der Waals surface area contributed by atoms with E-state index < -0.39 is 28.0 Å². The fourth-order valence-electron chi connectivity index (χ4n) is 2.86. The molecular formula is C19H27N3O6S. The summed E-state index contributed by atoms with van der Waals surface area (Å²) in [4.78, 5) is 37.2. The van der Waals surface area contributed by atoms with Crippen molar-refractivity contribution in [2.24, 2.45) is 0 Å². The topological polar surface area (TPSA) is 113 Å². The SMILES string of the molecule is CC(=O)N1CCN(S(=O)(=O)c2cccc(C(=O)O[C@H](C)C(=O)NC(C)C)c2)CC1. The number of carbonyl (C=O) groups excluding carboxylic acids is 3. The molecule has 160 valence electrons. The molecule has 0 aromatic heterocycles. The van der Waals surface area contributed by atoms with Crippen molar-refractivity contribution in [3.63, 3.8) is 0 Å². The van der Waals surface area contributed by atoms with Crippen LogP contribution >= 0.6 is 0 Å². The molecule has 0 bridgehead atoms. The second-order valence-corrected chi connectivity index (χ2v) is 9.09. The number of ether oxygens (including phenoxy) is 1. The molecule has 2 rings (SSSR count). The summed E-state index contributed by atoms with van der Waals surface area (Å²) in [5.74, 6) is -1.31. The fourth-order valence-corrected chi connectivity index (χ4v) is 4.33. The molecular weight excluding hydrogens is 398 g/mol. The van der Waals surface area contributed by atoms with Crippen LogP contribution in [0.15, 0.2) is 29.2 Å². The van der Waals surface area contributed by atoms with Gasteiger partial charge in [0.25, 0.3) is 5.91 Å². The Labute approximate surface area is 171 Å². The Morgan fingerprint density at radius 2 is 1.69 bits per heavy atom. The standard InChI is InChI=1S/C19H27N3O6S/c1-13(2)20-18(24)14(3)28-19(25)16-6-5-7-17(12-16)29(26,27)22-10-8-21(9-11-22)15(4)23/h5-7,12-14H,8-11H2,1-4H3,(H,20,24)/t14-/m1/s1. The van der Waals surface area contributed by atoms with Gasteiger partial charge in [-0.3, -0.25) is 9.59 Å². The molecule has 10 heteroatoms. The Hall–Kier alpha value is -2.46. The smallest absolute Gasteiger partial charge is 0.338 e. The minimum atomic E-state index is -3.82. The molecule has 1 atom stereocenters. The summed E-state index contributed by atoms with van der Waals surface area (Å²) < 4.78 is 32.2. The Balaban J connectivity index is 2.11. The number of nitrogens with one attached hydrogen (secondary N) is 1. The van der Waals surface area contributed by atoms with Gasteiger partial charge < -0.3 is 15.0 Å². The van der Waals surface area contributed by atoms with Crippen molar-refractivity contribution in [3.05, 3.63) is 29.8 Å². The first-order valence-electron chi connectivity index (χ1n) is 9.39. The molecule has 1 aromatic carbocycles. The van der Waals surface area contributed by atoms with Crippen molar-refractivity contribution >= 4 is 27.8 Å². The van der Waals surface area contributed by atoms with Crippen LogP contribution in [0.2, 0.25) is 0 Å². The first-order valence-corrected chi connectivity index (χ1v) is 10.8. The van der Waals surface area contributed by atoms with Gasteiger partial charge in [-0.05, 0) is 39.0 Å². The van der Waals surface area contributed by atoms with E-state index in [-0.39, 0.29) is 35.5 Å². The van der Waals surface area contributed by atoms with E-state index in [1.807, 2.05) is 0 Å². The molecule has 9 nitrogen and oxygen atoms in total. The average molecular weight is 426 g/mol. The van der Waals surface area contributed by atoms with Gasteiger partial charge in [0.15, 0.2) is 6.10 Å².